The molecule has 2 aromatic carbocycles. The molecule has 0 radical (unpaired) electrons. The van der Waals surface area contributed by atoms with Gasteiger partial charge in [0.05, 0.1) is 18.8 Å². The SMILES string of the molecule is CC[C@@H](c1nnnn1CCc1ccccc1)N(Cc1ccco1)Cc1cc2cc(C)c(C)cc2[nH]c1=O. The van der Waals surface area contributed by atoms with Crippen molar-refractivity contribution in [2.24, 2.45) is 0 Å². The highest BCUT2D eigenvalue weighted by Crippen LogP contribution is 2.27. The molecule has 0 bridgehead atoms. The Morgan fingerprint density at radius 2 is 1.84 bits per heavy atom. The number of hydrogen-bond acceptors (Lipinski definition) is 6. The number of nitrogens with zero attached hydrogens (tertiary/aromatic N) is 5. The van der Waals surface area contributed by atoms with Crippen LogP contribution >= 0.6 is 0 Å². The fraction of sp³-hybridized carbons (Fsp3) is 0.310. The predicted molar refractivity (Wildman–Crippen MR) is 143 cm³/mol. The van der Waals surface area contributed by atoms with E-state index in [1.807, 2.05) is 47.1 Å². The number of fused-ring (bicyclic) bond motifs is 1. The van der Waals surface area contributed by atoms with E-state index in [1.54, 1.807) is 6.26 Å². The number of rotatable bonds is 10. The normalized spacial score (nSPS) is 12.4. The van der Waals surface area contributed by atoms with Crippen LogP contribution in [-0.2, 0) is 26.1 Å². The molecule has 8 heteroatoms. The van der Waals surface area contributed by atoms with E-state index in [-0.39, 0.29) is 11.6 Å². The Bertz CT molecular complexity index is 1520. The van der Waals surface area contributed by atoms with Gasteiger partial charge in [0.1, 0.15) is 5.76 Å². The topological polar surface area (TPSA) is 92.8 Å². The number of aromatic nitrogens is 5. The molecule has 5 aromatic rings. The second kappa shape index (κ2) is 10.9. The molecule has 0 aliphatic carbocycles. The summed E-state index contributed by atoms with van der Waals surface area (Å²) in [6, 6.07) is 20.2. The third-order valence-corrected chi connectivity index (χ3v) is 6.99. The van der Waals surface area contributed by atoms with Gasteiger partial charge in [-0.3, -0.25) is 9.69 Å². The molecule has 0 unspecified atom stereocenters. The summed E-state index contributed by atoms with van der Waals surface area (Å²) in [6.45, 7) is 7.90. The Balaban J connectivity index is 1.47. The van der Waals surface area contributed by atoms with E-state index in [9.17, 15) is 4.79 Å². The molecular weight excluding hydrogens is 464 g/mol. The molecular formula is C29H32N6O2. The molecule has 190 valence electrons. The average Bonchev–Trinajstić information content (AvgIpc) is 3.58. The van der Waals surface area contributed by atoms with Crippen LogP contribution < -0.4 is 5.56 Å². The lowest BCUT2D eigenvalue weighted by Gasteiger charge is -2.29. The Morgan fingerprint density at radius 3 is 2.59 bits per heavy atom. The monoisotopic (exact) mass is 496 g/mol. The van der Waals surface area contributed by atoms with Gasteiger partial charge in [0, 0.05) is 24.2 Å². The van der Waals surface area contributed by atoms with Crippen molar-refractivity contribution in [3.05, 3.63) is 111 Å². The molecule has 0 amide bonds. The van der Waals surface area contributed by atoms with Gasteiger partial charge in [0.25, 0.3) is 5.56 Å². The number of tetrazole rings is 1. The van der Waals surface area contributed by atoms with Crippen LogP contribution in [0.3, 0.4) is 0 Å². The second-order valence-corrected chi connectivity index (χ2v) is 9.55. The Kier molecular flexibility index (Phi) is 7.28. The van der Waals surface area contributed by atoms with Gasteiger partial charge in [0.15, 0.2) is 5.82 Å². The predicted octanol–water partition coefficient (Wildman–Crippen LogP) is 5.12. The smallest absolute Gasteiger partial charge is 0.252 e. The summed E-state index contributed by atoms with van der Waals surface area (Å²) < 4.78 is 7.57. The first-order chi connectivity index (χ1) is 18.0. The Labute approximate surface area is 215 Å². The number of aromatic amines is 1. The third-order valence-electron chi connectivity index (χ3n) is 6.99. The van der Waals surface area contributed by atoms with Crippen LogP contribution in [0.2, 0.25) is 0 Å². The standard InChI is InChI=1S/C29H32N6O2/c1-4-27(28-31-32-33-35(28)13-12-22-9-6-5-7-10-22)34(19-25-11-8-14-37-25)18-24-17-23-15-20(2)21(3)16-26(23)30-29(24)36/h5-11,14-17,27H,4,12-13,18-19H2,1-3H3,(H,30,36)/t27-/m0/s1. The van der Waals surface area contributed by atoms with Gasteiger partial charge in [-0.2, -0.15) is 0 Å². The van der Waals surface area contributed by atoms with E-state index in [0.717, 1.165) is 40.9 Å². The molecule has 5 rings (SSSR count). The van der Waals surface area contributed by atoms with Crippen molar-refractivity contribution < 1.29 is 4.42 Å². The van der Waals surface area contributed by atoms with Crippen molar-refractivity contribution in [2.45, 2.75) is 59.3 Å². The Morgan fingerprint density at radius 1 is 1.03 bits per heavy atom. The van der Waals surface area contributed by atoms with Gasteiger partial charge >= 0.3 is 0 Å². The fourth-order valence-electron chi connectivity index (χ4n) is 4.83. The highest BCUT2D eigenvalue weighted by Gasteiger charge is 2.26. The molecule has 37 heavy (non-hydrogen) atoms. The summed E-state index contributed by atoms with van der Waals surface area (Å²) in [4.78, 5) is 18.4. The van der Waals surface area contributed by atoms with Crippen molar-refractivity contribution in [3.8, 4) is 0 Å². The van der Waals surface area contributed by atoms with E-state index in [1.165, 1.54) is 11.1 Å². The first-order valence-corrected chi connectivity index (χ1v) is 12.7. The molecule has 0 saturated heterocycles. The lowest BCUT2D eigenvalue weighted by Crippen LogP contribution is -2.32. The van der Waals surface area contributed by atoms with Crippen LogP contribution in [0.15, 0.2) is 76.1 Å². The maximum atomic E-state index is 13.1. The molecule has 0 aliphatic heterocycles. The zero-order valence-electron chi connectivity index (χ0n) is 21.5. The third kappa shape index (κ3) is 5.54. The van der Waals surface area contributed by atoms with Crippen LogP contribution in [0.1, 0.15) is 53.2 Å². The molecule has 8 nitrogen and oxygen atoms in total. The molecule has 0 fully saturated rings. The fourth-order valence-corrected chi connectivity index (χ4v) is 4.83. The summed E-state index contributed by atoms with van der Waals surface area (Å²) in [6.07, 6.45) is 3.28. The minimum atomic E-state index is -0.106. The van der Waals surface area contributed by atoms with Crippen LogP contribution in [-0.4, -0.2) is 30.1 Å². The summed E-state index contributed by atoms with van der Waals surface area (Å²) in [5, 5.41) is 13.8. The molecule has 0 saturated carbocycles. The number of H-pyrrole nitrogens is 1. The van der Waals surface area contributed by atoms with Crippen molar-refractivity contribution in [1.29, 1.82) is 0 Å². The van der Waals surface area contributed by atoms with Gasteiger partial charge in [-0.05, 0) is 89.5 Å². The first kappa shape index (κ1) is 24.6. The van der Waals surface area contributed by atoms with Crippen molar-refractivity contribution in [1.82, 2.24) is 30.1 Å². The number of hydrogen-bond donors (Lipinski definition) is 1. The lowest BCUT2D eigenvalue weighted by atomic mass is 10.0. The van der Waals surface area contributed by atoms with E-state index < -0.39 is 0 Å². The van der Waals surface area contributed by atoms with Gasteiger partial charge < -0.3 is 9.40 Å². The lowest BCUT2D eigenvalue weighted by molar-refractivity contribution is 0.148. The van der Waals surface area contributed by atoms with E-state index in [4.69, 9.17) is 4.42 Å². The quantitative estimate of drug-likeness (QED) is 0.288. The van der Waals surface area contributed by atoms with Gasteiger partial charge in [-0.25, -0.2) is 4.68 Å². The summed E-state index contributed by atoms with van der Waals surface area (Å²) >= 11 is 0. The maximum absolute atomic E-state index is 13.1. The highest BCUT2D eigenvalue weighted by atomic mass is 16.3. The number of nitrogens with one attached hydrogen (secondary N) is 1. The summed E-state index contributed by atoms with van der Waals surface area (Å²) in [5.74, 6) is 1.61. The van der Waals surface area contributed by atoms with Crippen LogP contribution in [0.25, 0.3) is 10.9 Å². The van der Waals surface area contributed by atoms with Gasteiger partial charge in [0.2, 0.25) is 0 Å². The minimum absolute atomic E-state index is 0.0845. The average molecular weight is 497 g/mol. The minimum Gasteiger partial charge on any atom is -0.468 e. The molecule has 0 aliphatic rings. The molecule has 3 heterocycles. The van der Waals surface area contributed by atoms with Crippen molar-refractivity contribution in [2.75, 3.05) is 0 Å². The summed E-state index contributed by atoms with van der Waals surface area (Å²) in [5.41, 5.74) is 5.05. The zero-order chi connectivity index (χ0) is 25.8. The molecule has 1 N–H and O–H groups in total. The van der Waals surface area contributed by atoms with Crippen molar-refractivity contribution >= 4 is 10.9 Å². The first-order valence-electron chi connectivity index (χ1n) is 12.7. The largest absolute Gasteiger partial charge is 0.468 e. The van der Waals surface area contributed by atoms with Crippen LogP contribution in [0.5, 0.6) is 0 Å². The molecule has 3 aromatic heterocycles. The molecule has 1 atom stereocenters. The number of furan rings is 1. The maximum Gasteiger partial charge on any atom is 0.252 e. The van der Waals surface area contributed by atoms with E-state index >= 15 is 0 Å². The zero-order valence-corrected chi connectivity index (χ0v) is 21.5. The van der Waals surface area contributed by atoms with Crippen LogP contribution in [0, 0.1) is 13.8 Å². The van der Waals surface area contributed by atoms with Gasteiger partial charge in [-0.1, -0.05) is 37.3 Å². The summed E-state index contributed by atoms with van der Waals surface area (Å²) in [7, 11) is 0. The highest BCUT2D eigenvalue weighted by molar-refractivity contribution is 5.80. The Hall–Kier alpha value is -4.04. The second-order valence-electron chi connectivity index (χ2n) is 9.55. The van der Waals surface area contributed by atoms with Crippen LogP contribution in [0.4, 0.5) is 0 Å². The number of aryl methyl sites for hydroxylation is 4. The van der Waals surface area contributed by atoms with E-state index in [0.29, 0.717) is 25.2 Å². The van der Waals surface area contributed by atoms with E-state index in [2.05, 4.69) is 64.4 Å². The number of benzene rings is 2. The van der Waals surface area contributed by atoms with Crippen molar-refractivity contribution in [3.63, 3.8) is 0 Å². The molecule has 0 spiro atoms. The van der Waals surface area contributed by atoms with Gasteiger partial charge in [-0.15, -0.1) is 5.10 Å². The number of pyridine rings is 1.